The monoisotopic (exact) mass is 342 g/mol. The van der Waals surface area contributed by atoms with Crippen LogP contribution in [0.15, 0.2) is 22.7 Å². The van der Waals surface area contributed by atoms with Crippen LogP contribution in [-0.4, -0.2) is 47.7 Å². The molecule has 7 heteroatoms. The van der Waals surface area contributed by atoms with E-state index in [9.17, 15) is 14.7 Å². The Morgan fingerprint density at radius 1 is 1.50 bits per heavy atom. The summed E-state index contributed by atoms with van der Waals surface area (Å²) in [6.45, 7) is 0.252. The Morgan fingerprint density at radius 2 is 2.20 bits per heavy atom. The number of aliphatic carboxylic acids is 1. The van der Waals surface area contributed by atoms with E-state index in [-0.39, 0.29) is 25.0 Å². The van der Waals surface area contributed by atoms with Gasteiger partial charge in [0.15, 0.2) is 0 Å². The standard InChI is InChI=1S/C13H15BrN2O4/c1-20-8-5-11(13(18)19)16(6-8)12(17)9-3-2-7(14)4-10(9)15/h2-4,8,11H,5-6,15H2,1H3,(H,18,19). The number of ether oxygens (including phenoxy) is 1. The molecule has 1 aromatic rings. The van der Waals surface area contributed by atoms with Crippen molar-refractivity contribution >= 4 is 33.5 Å². The Kier molecular flexibility index (Phi) is 4.29. The number of nitrogens with two attached hydrogens (primary N) is 1. The van der Waals surface area contributed by atoms with E-state index in [1.807, 2.05) is 0 Å². The van der Waals surface area contributed by atoms with E-state index in [0.717, 1.165) is 4.47 Å². The molecule has 0 bridgehead atoms. The number of nitrogen functional groups attached to an aromatic ring is 1. The third kappa shape index (κ3) is 2.78. The van der Waals surface area contributed by atoms with E-state index in [1.54, 1.807) is 18.2 Å². The van der Waals surface area contributed by atoms with Gasteiger partial charge in [0.25, 0.3) is 5.91 Å². The van der Waals surface area contributed by atoms with Crippen molar-refractivity contribution in [3.8, 4) is 0 Å². The van der Waals surface area contributed by atoms with Crippen molar-refractivity contribution in [2.45, 2.75) is 18.6 Å². The van der Waals surface area contributed by atoms with Crippen molar-refractivity contribution < 1.29 is 19.4 Å². The van der Waals surface area contributed by atoms with Gasteiger partial charge < -0.3 is 20.5 Å². The number of halogens is 1. The maximum absolute atomic E-state index is 12.5. The first-order chi connectivity index (χ1) is 9.43. The maximum Gasteiger partial charge on any atom is 0.326 e. The van der Waals surface area contributed by atoms with E-state index in [2.05, 4.69) is 15.9 Å². The molecule has 3 N–H and O–H groups in total. The lowest BCUT2D eigenvalue weighted by atomic mass is 10.1. The van der Waals surface area contributed by atoms with Gasteiger partial charge in [0.1, 0.15) is 6.04 Å². The van der Waals surface area contributed by atoms with Crippen LogP contribution in [0.4, 0.5) is 5.69 Å². The van der Waals surface area contributed by atoms with Crippen molar-refractivity contribution in [1.82, 2.24) is 4.90 Å². The molecule has 108 valence electrons. The molecule has 1 aliphatic rings. The van der Waals surface area contributed by atoms with E-state index in [4.69, 9.17) is 10.5 Å². The van der Waals surface area contributed by atoms with Crippen LogP contribution in [0.5, 0.6) is 0 Å². The normalized spacial score (nSPS) is 22.0. The summed E-state index contributed by atoms with van der Waals surface area (Å²) in [4.78, 5) is 25.0. The summed E-state index contributed by atoms with van der Waals surface area (Å²) >= 11 is 3.27. The molecule has 2 unspecified atom stereocenters. The van der Waals surface area contributed by atoms with Crippen LogP contribution in [-0.2, 0) is 9.53 Å². The lowest BCUT2D eigenvalue weighted by Gasteiger charge is -2.22. The van der Waals surface area contributed by atoms with Gasteiger partial charge in [-0.05, 0) is 18.2 Å². The van der Waals surface area contributed by atoms with Crippen LogP contribution in [0, 0.1) is 0 Å². The quantitative estimate of drug-likeness (QED) is 0.808. The van der Waals surface area contributed by atoms with Crippen LogP contribution in [0.25, 0.3) is 0 Å². The molecule has 1 heterocycles. The average Bonchev–Trinajstić information content (AvgIpc) is 2.82. The predicted octanol–water partition coefficient (Wildman–Crippen LogP) is 1.35. The molecular weight excluding hydrogens is 328 g/mol. The molecule has 6 nitrogen and oxygen atoms in total. The van der Waals surface area contributed by atoms with Gasteiger partial charge in [-0.1, -0.05) is 15.9 Å². The summed E-state index contributed by atoms with van der Waals surface area (Å²) in [7, 11) is 1.51. The fraction of sp³-hybridized carbons (Fsp3) is 0.385. The molecule has 1 saturated heterocycles. The van der Waals surface area contributed by atoms with Gasteiger partial charge in [-0.25, -0.2) is 4.79 Å². The lowest BCUT2D eigenvalue weighted by molar-refractivity contribution is -0.141. The number of amides is 1. The Labute approximate surface area is 124 Å². The van der Waals surface area contributed by atoms with Crippen molar-refractivity contribution in [2.75, 3.05) is 19.4 Å². The first-order valence-corrected chi connectivity index (χ1v) is 6.85. The number of benzene rings is 1. The molecule has 2 atom stereocenters. The third-order valence-corrected chi connectivity index (χ3v) is 3.88. The number of carboxylic acid groups (broad SMARTS) is 1. The number of likely N-dealkylation sites (tertiary alicyclic amines) is 1. The Balaban J connectivity index is 2.29. The smallest absolute Gasteiger partial charge is 0.326 e. The fourth-order valence-corrected chi connectivity index (χ4v) is 2.69. The van der Waals surface area contributed by atoms with Crippen LogP contribution in [0.3, 0.4) is 0 Å². The van der Waals surface area contributed by atoms with Crippen molar-refractivity contribution in [3.05, 3.63) is 28.2 Å². The molecule has 2 rings (SSSR count). The number of carboxylic acids is 1. The number of hydrogen-bond acceptors (Lipinski definition) is 4. The number of hydrogen-bond donors (Lipinski definition) is 2. The Morgan fingerprint density at radius 3 is 2.75 bits per heavy atom. The van der Waals surface area contributed by atoms with E-state index in [1.165, 1.54) is 12.0 Å². The minimum absolute atomic E-state index is 0.252. The number of carbonyl (C=O) groups excluding carboxylic acids is 1. The van der Waals surface area contributed by atoms with Crippen LogP contribution in [0.1, 0.15) is 16.8 Å². The molecule has 0 saturated carbocycles. The van der Waals surface area contributed by atoms with E-state index < -0.39 is 12.0 Å². The van der Waals surface area contributed by atoms with Gasteiger partial charge in [0, 0.05) is 30.2 Å². The minimum atomic E-state index is -1.03. The minimum Gasteiger partial charge on any atom is -0.480 e. The van der Waals surface area contributed by atoms with Crippen LogP contribution < -0.4 is 5.73 Å². The van der Waals surface area contributed by atoms with Crippen molar-refractivity contribution in [3.63, 3.8) is 0 Å². The highest BCUT2D eigenvalue weighted by Crippen LogP contribution is 2.26. The zero-order chi connectivity index (χ0) is 14.9. The molecule has 0 radical (unpaired) electrons. The van der Waals surface area contributed by atoms with E-state index in [0.29, 0.717) is 11.3 Å². The largest absolute Gasteiger partial charge is 0.480 e. The molecule has 1 aromatic carbocycles. The van der Waals surface area contributed by atoms with Crippen molar-refractivity contribution in [2.24, 2.45) is 0 Å². The third-order valence-electron chi connectivity index (χ3n) is 3.39. The molecule has 0 aromatic heterocycles. The zero-order valence-electron chi connectivity index (χ0n) is 10.9. The van der Waals surface area contributed by atoms with Gasteiger partial charge in [-0.15, -0.1) is 0 Å². The summed E-state index contributed by atoms with van der Waals surface area (Å²) in [6.07, 6.45) is 0.0188. The molecule has 1 amide bonds. The molecule has 0 aliphatic carbocycles. The van der Waals surface area contributed by atoms with Gasteiger partial charge >= 0.3 is 5.97 Å². The number of rotatable bonds is 3. The van der Waals surface area contributed by atoms with Gasteiger partial charge in [-0.3, -0.25) is 4.79 Å². The molecule has 0 spiro atoms. The highest BCUT2D eigenvalue weighted by molar-refractivity contribution is 9.10. The van der Waals surface area contributed by atoms with Crippen LogP contribution >= 0.6 is 15.9 Å². The first-order valence-electron chi connectivity index (χ1n) is 6.05. The van der Waals surface area contributed by atoms with Gasteiger partial charge in [0.2, 0.25) is 0 Å². The second kappa shape index (κ2) is 5.80. The SMILES string of the molecule is COC1CC(C(=O)O)N(C(=O)c2ccc(Br)cc2N)C1. The first kappa shape index (κ1) is 14.8. The molecule has 20 heavy (non-hydrogen) atoms. The van der Waals surface area contributed by atoms with Gasteiger partial charge in [-0.2, -0.15) is 0 Å². The summed E-state index contributed by atoms with van der Waals surface area (Å²) in [5, 5.41) is 9.22. The molecular formula is C13H15BrN2O4. The highest BCUT2D eigenvalue weighted by atomic mass is 79.9. The molecule has 1 aliphatic heterocycles. The average molecular weight is 343 g/mol. The fourth-order valence-electron chi connectivity index (χ4n) is 2.31. The van der Waals surface area contributed by atoms with Crippen molar-refractivity contribution in [1.29, 1.82) is 0 Å². The zero-order valence-corrected chi connectivity index (χ0v) is 12.5. The second-order valence-electron chi connectivity index (χ2n) is 4.64. The lowest BCUT2D eigenvalue weighted by Crippen LogP contribution is -2.40. The van der Waals surface area contributed by atoms with Crippen LogP contribution in [0.2, 0.25) is 0 Å². The molecule has 1 fully saturated rings. The summed E-state index contributed by atoms with van der Waals surface area (Å²) < 4.78 is 5.92. The Bertz CT molecular complexity index is 549. The Hall–Kier alpha value is -1.60. The highest BCUT2D eigenvalue weighted by Gasteiger charge is 2.40. The summed E-state index contributed by atoms with van der Waals surface area (Å²) in [5.41, 5.74) is 6.44. The summed E-state index contributed by atoms with van der Waals surface area (Å²) in [5.74, 6) is -1.42. The predicted molar refractivity (Wildman–Crippen MR) is 76.4 cm³/mol. The number of anilines is 1. The summed E-state index contributed by atoms with van der Waals surface area (Å²) in [6, 6.07) is 4.02. The second-order valence-corrected chi connectivity index (χ2v) is 5.55. The topological polar surface area (TPSA) is 92.9 Å². The number of nitrogens with zero attached hydrogens (tertiary/aromatic N) is 1. The number of methoxy groups -OCH3 is 1. The number of carbonyl (C=O) groups is 2. The van der Waals surface area contributed by atoms with E-state index >= 15 is 0 Å². The van der Waals surface area contributed by atoms with Gasteiger partial charge in [0.05, 0.1) is 11.7 Å². The maximum atomic E-state index is 12.5.